The van der Waals surface area contributed by atoms with E-state index in [-0.39, 0.29) is 0 Å². The summed E-state index contributed by atoms with van der Waals surface area (Å²) < 4.78 is 0. The van der Waals surface area contributed by atoms with Gasteiger partial charge in [0.15, 0.2) is 0 Å². The molecule has 0 fully saturated rings. The number of nitrogen functional groups attached to an aromatic ring is 1. The maximum absolute atomic E-state index is 8.80. The second-order valence-electron chi connectivity index (χ2n) is 3.24. The standard InChI is InChI=1S/C14H15NO/c1-3-6-12(9-10-16)11(2)13-7-4-5-8-14(13)15/h3-10,16H,1-2,15H2/b10-9-,12-6+. The molecule has 0 unspecified atom stereocenters. The highest BCUT2D eigenvalue weighted by Gasteiger charge is 2.05. The lowest BCUT2D eigenvalue weighted by atomic mass is 9.98. The first kappa shape index (κ1) is 11.9. The van der Waals surface area contributed by atoms with Gasteiger partial charge in [-0.3, -0.25) is 0 Å². The number of nitrogens with two attached hydrogens (primary N) is 1. The minimum absolute atomic E-state index is 0.661. The van der Waals surface area contributed by atoms with Gasteiger partial charge in [-0.2, -0.15) is 0 Å². The molecule has 0 bridgehead atoms. The molecule has 16 heavy (non-hydrogen) atoms. The molecule has 0 heterocycles. The molecule has 1 rings (SSSR count). The number of aliphatic hydroxyl groups excluding tert-OH is 1. The van der Waals surface area contributed by atoms with E-state index in [1.165, 1.54) is 0 Å². The van der Waals surface area contributed by atoms with Gasteiger partial charge in [-0.25, -0.2) is 0 Å². The largest absolute Gasteiger partial charge is 0.516 e. The molecule has 82 valence electrons. The van der Waals surface area contributed by atoms with Gasteiger partial charge < -0.3 is 10.8 Å². The maximum atomic E-state index is 8.80. The Morgan fingerprint density at radius 2 is 2.00 bits per heavy atom. The monoisotopic (exact) mass is 213 g/mol. The lowest BCUT2D eigenvalue weighted by Gasteiger charge is -2.09. The van der Waals surface area contributed by atoms with Crippen molar-refractivity contribution in [2.24, 2.45) is 0 Å². The molecule has 0 atom stereocenters. The lowest BCUT2D eigenvalue weighted by Crippen LogP contribution is -1.94. The Balaban J connectivity index is 3.14. The van der Waals surface area contributed by atoms with Gasteiger partial charge in [0.25, 0.3) is 0 Å². The zero-order valence-corrected chi connectivity index (χ0v) is 9.06. The number of hydrogen-bond donors (Lipinski definition) is 2. The zero-order valence-electron chi connectivity index (χ0n) is 9.06. The van der Waals surface area contributed by atoms with Crippen LogP contribution in [-0.2, 0) is 0 Å². The van der Waals surface area contributed by atoms with E-state index in [1.807, 2.05) is 24.3 Å². The van der Waals surface area contributed by atoms with Gasteiger partial charge in [0, 0.05) is 11.3 Å². The zero-order chi connectivity index (χ0) is 12.0. The van der Waals surface area contributed by atoms with Crippen LogP contribution in [0.2, 0.25) is 0 Å². The molecule has 0 spiro atoms. The van der Waals surface area contributed by atoms with Crippen LogP contribution in [0.25, 0.3) is 5.57 Å². The molecule has 0 aliphatic rings. The van der Waals surface area contributed by atoms with Crippen molar-refractivity contribution in [1.29, 1.82) is 0 Å². The van der Waals surface area contributed by atoms with E-state index in [4.69, 9.17) is 10.8 Å². The number of rotatable bonds is 4. The maximum Gasteiger partial charge on any atom is 0.0797 e. The molecule has 0 aliphatic carbocycles. The van der Waals surface area contributed by atoms with Crippen LogP contribution < -0.4 is 5.73 Å². The highest BCUT2D eigenvalue weighted by molar-refractivity contribution is 5.85. The second kappa shape index (κ2) is 5.61. The number of hydrogen-bond acceptors (Lipinski definition) is 2. The molecule has 1 aromatic rings. The van der Waals surface area contributed by atoms with Crippen molar-refractivity contribution >= 4 is 11.3 Å². The number of anilines is 1. The van der Waals surface area contributed by atoms with Crippen molar-refractivity contribution in [1.82, 2.24) is 0 Å². The predicted molar refractivity (Wildman–Crippen MR) is 69.9 cm³/mol. The molecule has 0 saturated carbocycles. The van der Waals surface area contributed by atoms with Crippen LogP contribution in [0, 0.1) is 0 Å². The van der Waals surface area contributed by atoms with Crippen LogP contribution in [0.4, 0.5) is 5.69 Å². The van der Waals surface area contributed by atoms with E-state index in [1.54, 1.807) is 18.2 Å². The van der Waals surface area contributed by atoms with Crippen molar-refractivity contribution in [3.63, 3.8) is 0 Å². The van der Waals surface area contributed by atoms with E-state index in [2.05, 4.69) is 13.2 Å². The van der Waals surface area contributed by atoms with Gasteiger partial charge in [0.1, 0.15) is 0 Å². The Kier molecular flexibility index (Phi) is 4.16. The molecule has 3 N–H and O–H groups in total. The third-order valence-electron chi connectivity index (χ3n) is 2.19. The SMILES string of the molecule is C=C/C=C(\C=C/O)C(=C)c1ccccc1N. The smallest absolute Gasteiger partial charge is 0.0797 e. The van der Waals surface area contributed by atoms with Crippen LogP contribution in [-0.4, -0.2) is 5.11 Å². The van der Waals surface area contributed by atoms with E-state index < -0.39 is 0 Å². The fourth-order valence-corrected chi connectivity index (χ4v) is 1.39. The predicted octanol–water partition coefficient (Wildman–Crippen LogP) is 3.47. The molecule has 0 radical (unpaired) electrons. The van der Waals surface area contributed by atoms with E-state index in [0.29, 0.717) is 5.69 Å². The van der Waals surface area contributed by atoms with Gasteiger partial charge >= 0.3 is 0 Å². The molecule has 2 heteroatoms. The molecule has 1 aromatic carbocycles. The summed E-state index contributed by atoms with van der Waals surface area (Å²) in [5.41, 5.74) is 8.89. The molecule has 0 saturated heterocycles. The number of allylic oxidation sites excluding steroid dienone is 5. The minimum Gasteiger partial charge on any atom is -0.516 e. The van der Waals surface area contributed by atoms with Gasteiger partial charge in [0.05, 0.1) is 6.26 Å². The fraction of sp³-hybridized carbons (Fsp3) is 0. The molecular weight excluding hydrogens is 198 g/mol. The van der Waals surface area contributed by atoms with Crippen molar-refractivity contribution in [3.05, 3.63) is 73.1 Å². The summed E-state index contributed by atoms with van der Waals surface area (Å²) in [6.07, 6.45) is 5.93. The first-order valence-electron chi connectivity index (χ1n) is 4.88. The Morgan fingerprint density at radius 3 is 2.56 bits per heavy atom. The fourth-order valence-electron chi connectivity index (χ4n) is 1.39. The summed E-state index contributed by atoms with van der Waals surface area (Å²) in [6, 6.07) is 7.46. The summed E-state index contributed by atoms with van der Waals surface area (Å²) in [5.74, 6) is 0. The Labute approximate surface area is 95.7 Å². The van der Waals surface area contributed by atoms with Crippen LogP contribution in [0.1, 0.15) is 5.56 Å². The van der Waals surface area contributed by atoms with E-state index >= 15 is 0 Å². The minimum atomic E-state index is 0.661. The summed E-state index contributed by atoms with van der Waals surface area (Å²) >= 11 is 0. The summed E-state index contributed by atoms with van der Waals surface area (Å²) in [5, 5.41) is 8.80. The van der Waals surface area contributed by atoms with Crippen molar-refractivity contribution in [3.8, 4) is 0 Å². The number of aliphatic hydroxyl groups is 1. The van der Waals surface area contributed by atoms with Crippen molar-refractivity contribution in [2.75, 3.05) is 5.73 Å². The Bertz CT molecular complexity index is 456. The number of para-hydroxylation sites is 1. The molecule has 2 nitrogen and oxygen atoms in total. The van der Waals surface area contributed by atoms with Gasteiger partial charge in [-0.05, 0) is 23.3 Å². The lowest BCUT2D eigenvalue weighted by molar-refractivity contribution is 0.473. The quantitative estimate of drug-likeness (QED) is 0.457. The highest BCUT2D eigenvalue weighted by atomic mass is 16.2. The molecule has 0 aliphatic heterocycles. The summed E-state index contributed by atoms with van der Waals surface area (Å²) in [7, 11) is 0. The van der Waals surface area contributed by atoms with Crippen LogP contribution in [0.5, 0.6) is 0 Å². The van der Waals surface area contributed by atoms with E-state index in [0.717, 1.165) is 23.0 Å². The average Bonchev–Trinajstić information content (AvgIpc) is 2.28. The van der Waals surface area contributed by atoms with Crippen molar-refractivity contribution in [2.45, 2.75) is 0 Å². The highest BCUT2D eigenvalue weighted by Crippen LogP contribution is 2.26. The molecule has 0 aromatic heterocycles. The topological polar surface area (TPSA) is 46.2 Å². The first-order chi connectivity index (χ1) is 7.70. The van der Waals surface area contributed by atoms with Crippen LogP contribution in [0.3, 0.4) is 0 Å². The Hall–Kier alpha value is -2.22. The van der Waals surface area contributed by atoms with E-state index in [9.17, 15) is 0 Å². The summed E-state index contributed by atoms with van der Waals surface area (Å²) in [4.78, 5) is 0. The molecular formula is C14H15NO. The Morgan fingerprint density at radius 1 is 1.31 bits per heavy atom. The van der Waals surface area contributed by atoms with Gasteiger partial charge in [-0.1, -0.05) is 43.5 Å². The third kappa shape index (κ3) is 2.64. The van der Waals surface area contributed by atoms with Gasteiger partial charge in [-0.15, -0.1) is 0 Å². The third-order valence-corrected chi connectivity index (χ3v) is 2.19. The first-order valence-corrected chi connectivity index (χ1v) is 4.88. The van der Waals surface area contributed by atoms with Crippen molar-refractivity contribution < 1.29 is 5.11 Å². The average molecular weight is 213 g/mol. The summed E-state index contributed by atoms with van der Waals surface area (Å²) in [6.45, 7) is 7.58. The second-order valence-corrected chi connectivity index (χ2v) is 3.24. The van der Waals surface area contributed by atoms with Crippen LogP contribution in [0.15, 0.2) is 67.5 Å². The normalized spacial score (nSPS) is 11.6. The van der Waals surface area contributed by atoms with Crippen LogP contribution >= 0.6 is 0 Å². The van der Waals surface area contributed by atoms with Gasteiger partial charge in [0.2, 0.25) is 0 Å². The number of benzene rings is 1. The molecule has 0 amide bonds.